The fourth-order valence-electron chi connectivity index (χ4n) is 3.04. The van der Waals surface area contributed by atoms with Gasteiger partial charge in [-0.25, -0.2) is 12.8 Å². The van der Waals surface area contributed by atoms with Crippen LogP contribution in [0.1, 0.15) is 23.3 Å². The standard InChI is InChI=1S/C17H18ClFN2O2S/c1-11-16(12-6-8-14(19)9-7-12)24(22,23)21-17(11)20-10-13-4-2-3-5-15(13)18/h2-9,11,16-17,20-21H,10H2,1H3. The van der Waals surface area contributed by atoms with E-state index in [0.717, 1.165) is 5.56 Å². The Hall–Kier alpha value is -1.47. The molecule has 3 atom stereocenters. The molecular formula is C17H18ClFN2O2S. The lowest BCUT2D eigenvalue weighted by Crippen LogP contribution is -2.41. The SMILES string of the molecule is CC1C(NCc2ccccc2Cl)NS(=O)(=O)C1c1ccc(F)cc1. The molecule has 3 unspecified atom stereocenters. The molecule has 2 aromatic carbocycles. The van der Waals surface area contributed by atoms with E-state index in [1.54, 1.807) is 6.07 Å². The highest BCUT2D eigenvalue weighted by Crippen LogP contribution is 2.37. The van der Waals surface area contributed by atoms with E-state index in [9.17, 15) is 12.8 Å². The van der Waals surface area contributed by atoms with E-state index in [1.807, 2.05) is 25.1 Å². The molecule has 4 nitrogen and oxygen atoms in total. The normalized spacial score (nSPS) is 25.7. The first-order valence-electron chi connectivity index (χ1n) is 7.62. The van der Waals surface area contributed by atoms with E-state index in [0.29, 0.717) is 17.1 Å². The van der Waals surface area contributed by atoms with Gasteiger partial charge in [0.2, 0.25) is 10.0 Å². The second kappa shape index (κ2) is 6.80. The molecule has 3 rings (SSSR count). The molecule has 2 N–H and O–H groups in total. The van der Waals surface area contributed by atoms with Crippen LogP contribution in [0.15, 0.2) is 48.5 Å². The highest BCUT2D eigenvalue weighted by molar-refractivity contribution is 7.90. The number of rotatable bonds is 4. The second-order valence-electron chi connectivity index (χ2n) is 5.94. The first-order chi connectivity index (χ1) is 11.4. The van der Waals surface area contributed by atoms with Gasteiger partial charge in [0, 0.05) is 17.5 Å². The van der Waals surface area contributed by atoms with E-state index in [1.165, 1.54) is 24.3 Å². The molecule has 0 aromatic heterocycles. The van der Waals surface area contributed by atoms with Crippen molar-refractivity contribution < 1.29 is 12.8 Å². The van der Waals surface area contributed by atoms with Crippen molar-refractivity contribution >= 4 is 21.6 Å². The van der Waals surface area contributed by atoms with Crippen LogP contribution in [0.3, 0.4) is 0 Å². The van der Waals surface area contributed by atoms with Crippen molar-refractivity contribution in [3.05, 3.63) is 70.5 Å². The van der Waals surface area contributed by atoms with E-state index < -0.39 is 21.4 Å². The minimum atomic E-state index is -3.53. The lowest BCUT2D eigenvalue weighted by Gasteiger charge is -2.19. The van der Waals surface area contributed by atoms with Crippen molar-refractivity contribution in [3.63, 3.8) is 0 Å². The fourth-order valence-corrected chi connectivity index (χ4v) is 5.28. The summed E-state index contributed by atoms with van der Waals surface area (Å²) in [5.74, 6) is -0.605. The van der Waals surface area contributed by atoms with Crippen LogP contribution in [0.2, 0.25) is 5.02 Å². The van der Waals surface area contributed by atoms with Gasteiger partial charge in [-0.2, -0.15) is 4.72 Å². The lowest BCUT2D eigenvalue weighted by atomic mass is 9.98. The van der Waals surface area contributed by atoms with Gasteiger partial charge in [0.05, 0.1) is 6.17 Å². The monoisotopic (exact) mass is 368 g/mol. The molecule has 1 fully saturated rings. The third kappa shape index (κ3) is 3.47. The maximum atomic E-state index is 13.1. The maximum absolute atomic E-state index is 13.1. The maximum Gasteiger partial charge on any atom is 0.220 e. The topological polar surface area (TPSA) is 58.2 Å². The third-order valence-corrected chi connectivity index (χ3v) is 6.62. The summed E-state index contributed by atoms with van der Waals surface area (Å²) in [7, 11) is -3.53. The summed E-state index contributed by atoms with van der Waals surface area (Å²) in [5.41, 5.74) is 1.48. The molecule has 0 aliphatic carbocycles. The van der Waals surface area contributed by atoms with Gasteiger partial charge >= 0.3 is 0 Å². The molecule has 0 amide bonds. The largest absolute Gasteiger partial charge is 0.297 e. The van der Waals surface area contributed by atoms with Crippen LogP contribution in [0.25, 0.3) is 0 Å². The number of benzene rings is 2. The van der Waals surface area contributed by atoms with Gasteiger partial charge in [-0.3, -0.25) is 5.32 Å². The summed E-state index contributed by atoms with van der Waals surface area (Å²) in [6.07, 6.45) is -0.415. The Morgan fingerprint density at radius 2 is 1.83 bits per heavy atom. The van der Waals surface area contributed by atoms with Gasteiger partial charge in [-0.1, -0.05) is 48.9 Å². The van der Waals surface area contributed by atoms with Gasteiger partial charge in [0.25, 0.3) is 0 Å². The van der Waals surface area contributed by atoms with Gasteiger partial charge < -0.3 is 0 Å². The Bertz CT molecular complexity index is 827. The van der Waals surface area contributed by atoms with Crippen LogP contribution in [0.5, 0.6) is 0 Å². The Morgan fingerprint density at radius 1 is 1.17 bits per heavy atom. The van der Waals surface area contributed by atoms with Crippen LogP contribution >= 0.6 is 11.6 Å². The van der Waals surface area contributed by atoms with Crippen molar-refractivity contribution in [3.8, 4) is 0 Å². The quantitative estimate of drug-likeness (QED) is 0.871. The zero-order valence-corrected chi connectivity index (χ0v) is 14.6. The molecule has 1 aliphatic heterocycles. The van der Waals surface area contributed by atoms with E-state index in [-0.39, 0.29) is 11.7 Å². The van der Waals surface area contributed by atoms with Crippen molar-refractivity contribution in [2.45, 2.75) is 24.9 Å². The second-order valence-corrected chi connectivity index (χ2v) is 8.18. The Labute approximate surface area is 146 Å². The number of sulfonamides is 1. The van der Waals surface area contributed by atoms with E-state index in [2.05, 4.69) is 10.0 Å². The summed E-state index contributed by atoms with van der Waals surface area (Å²) < 4.78 is 40.7. The summed E-state index contributed by atoms with van der Waals surface area (Å²) >= 11 is 6.13. The fraction of sp³-hybridized carbons (Fsp3) is 0.294. The highest BCUT2D eigenvalue weighted by atomic mass is 35.5. The summed E-state index contributed by atoms with van der Waals surface area (Å²) in [6.45, 7) is 2.31. The molecule has 0 bridgehead atoms. The number of nitrogens with one attached hydrogen (secondary N) is 2. The number of halogens is 2. The van der Waals surface area contributed by atoms with Gasteiger partial charge in [-0.15, -0.1) is 0 Å². The first kappa shape index (κ1) is 17.4. The molecule has 0 saturated carbocycles. The lowest BCUT2D eigenvalue weighted by molar-refractivity contribution is 0.382. The molecule has 7 heteroatoms. The Kier molecular flexibility index (Phi) is 4.92. The van der Waals surface area contributed by atoms with Gasteiger partial charge in [0.1, 0.15) is 11.1 Å². The van der Waals surface area contributed by atoms with Gasteiger partial charge in [-0.05, 0) is 29.3 Å². The average Bonchev–Trinajstić information content (AvgIpc) is 2.77. The summed E-state index contributed by atoms with van der Waals surface area (Å²) in [6, 6.07) is 13.0. The van der Waals surface area contributed by atoms with Crippen LogP contribution < -0.4 is 10.0 Å². The summed E-state index contributed by atoms with van der Waals surface area (Å²) in [4.78, 5) is 0. The highest BCUT2D eigenvalue weighted by Gasteiger charge is 2.44. The van der Waals surface area contributed by atoms with Crippen molar-refractivity contribution in [1.82, 2.24) is 10.0 Å². The molecule has 2 aromatic rings. The van der Waals surface area contributed by atoms with Crippen molar-refractivity contribution in [2.24, 2.45) is 5.92 Å². The first-order valence-corrected chi connectivity index (χ1v) is 9.54. The van der Waals surface area contributed by atoms with E-state index in [4.69, 9.17) is 11.6 Å². The smallest absolute Gasteiger partial charge is 0.220 e. The Balaban J connectivity index is 1.77. The van der Waals surface area contributed by atoms with Crippen LogP contribution in [0, 0.1) is 11.7 Å². The molecular weight excluding hydrogens is 351 g/mol. The minimum Gasteiger partial charge on any atom is -0.297 e. The van der Waals surface area contributed by atoms with Crippen molar-refractivity contribution in [2.75, 3.05) is 0 Å². The average molecular weight is 369 g/mol. The van der Waals surface area contributed by atoms with Gasteiger partial charge in [0.15, 0.2) is 0 Å². The molecule has 1 heterocycles. The number of hydrogen-bond donors (Lipinski definition) is 2. The molecule has 1 aliphatic rings. The minimum absolute atomic E-state index is 0.219. The van der Waals surface area contributed by atoms with Crippen LogP contribution in [-0.4, -0.2) is 14.6 Å². The number of hydrogen-bond acceptors (Lipinski definition) is 3. The molecule has 24 heavy (non-hydrogen) atoms. The van der Waals surface area contributed by atoms with E-state index >= 15 is 0 Å². The Morgan fingerprint density at radius 3 is 2.50 bits per heavy atom. The predicted molar refractivity (Wildman–Crippen MR) is 92.4 cm³/mol. The molecule has 1 saturated heterocycles. The molecule has 0 radical (unpaired) electrons. The molecule has 128 valence electrons. The predicted octanol–water partition coefficient (Wildman–Crippen LogP) is 3.21. The zero-order chi connectivity index (χ0) is 17.3. The third-order valence-electron chi connectivity index (χ3n) is 4.30. The van der Waals surface area contributed by atoms with Crippen LogP contribution in [0.4, 0.5) is 4.39 Å². The summed E-state index contributed by atoms with van der Waals surface area (Å²) in [5, 5.41) is 3.12. The zero-order valence-electron chi connectivity index (χ0n) is 13.0. The van der Waals surface area contributed by atoms with Crippen molar-refractivity contribution in [1.29, 1.82) is 0 Å². The van der Waals surface area contributed by atoms with Crippen LogP contribution in [-0.2, 0) is 16.6 Å². The molecule has 0 spiro atoms.